The van der Waals surface area contributed by atoms with Gasteiger partial charge in [0.15, 0.2) is 0 Å². The summed E-state index contributed by atoms with van der Waals surface area (Å²) in [6.07, 6.45) is -9.60. The first-order valence-corrected chi connectivity index (χ1v) is 13.7. The van der Waals surface area contributed by atoms with E-state index in [1.807, 2.05) is 0 Å². The highest BCUT2D eigenvalue weighted by molar-refractivity contribution is 5.79. The molecule has 13 heteroatoms. The zero-order valence-corrected chi connectivity index (χ0v) is 24.3. The molecule has 6 nitrogen and oxygen atoms in total. The van der Waals surface area contributed by atoms with Crippen molar-refractivity contribution < 1.29 is 49.8 Å². The zero-order valence-electron chi connectivity index (χ0n) is 24.3. The lowest BCUT2D eigenvalue weighted by molar-refractivity contribution is -0.143. The van der Waals surface area contributed by atoms with Crippen LogP contribution in [-0.2, 0) is 33.2 Å². The molecule has 2 aromatic rings. The van der Waals surface area contributed by atoms with Gasteiger partial charge in [0.2, 0.25) is 5.91 Å². The number of piperidine rings is 1. The summed E-state index contributed by atoms with van der Waals surface area (Å²) in [6, 6.07) is 6.62. The molecule has 3 rings (SSSR count). The van der Waals surface area contributed by atoms with Gasteiger partial charge < -0.3 is 19.3 Å². The number of alkyl halides is 6. The Hall–Kier alpha value is -3.35. The number of rotatable bonds is 8. The Kier molecular flexibility index (Phi) is 10.7. The lowest BCUT2D eigenvalue weighted by atomic mass is 9.94. The number of likely N-dealkylation sites (N-methyl/N-ethyl adjacent to an activating group) is 1. The lowest BCUT2D eigenvalue weighted by Crippen LogP contribution is -2.45. The van der Waals surface area contributed by atoms with Crippen LogP contribution in [-0.4, -0.2) is 60.7 Å². The topological polar surface area (TPSA) is 59.1 Å². The van der Waals surface area contributed by atoms with Crippen molar-refractivity contribution in [3.05, 3.63) is 70.5 Å². The van der Waals surface area contributed by atoms with Crippen molar-refractivity contribution in [1.29, 1.82) is 0 Å². The molecular formula is C30H35F7N2O4. The third-order valence-electron chi connectivity index (χ3n) is 6.94. The minimum Gasteiger partial charge on any atom is -0.444 e. The van der Waals surface area contributed by atoms with E-state index in [2.05, 4.69) is 0 Å². The van der Waals surface area contributed by atoms with Gasteiger partial charge >= 0.3 is 18.4 Å². The van der Waals surface area contributed by atoms with E-state index in [4.69, 9.17) is 9.47 Å². The van der Waals surface area contributed by atoms with Crippen LogP contribution in [0.15, 0.2) is 42.5 Å². The molecule has 0 spiro atoms. The van der Waals surface area contributed by atoms with E-state index >= 15 is 0 Å². The fraction of sp³-hybridized carbons (Fsp3) is 0.533. The monoisotopic (exact) mass is 620 g/mol. The highest BCUT2D eigenvalue weighted by Gasteiger charge is 2.37. The molecule has 1 aliphatic heterocycles. The van der Waals surface area contributed by atoms with Gasteiger partial charge in [-0.05, 0) is 75.1 Å². The van der Waals surface area contributed by atoms with Crippen molar-refractivity contribution in [2.45, 2.75) is 64.1 Å². The maximum absolute atomic E-state index is 13.6. The SMILES string of the molecule is CN(CC(COCc1cc(C(F)(F)F)cc(C(F)(F)F)c1)c1ccc(F)cc1)C(=O)C1CCN(C(=O)OC(C)(C)C)CC1. The van der Waals surface area contributed by atoms with Gasteiger partial charge in [-0.2, -0.15) is 26.3 Å². The number of benzene rings is 2. The summed E-state index contributed by atoms with van der Waals surface area (Å²) in [4.78, 5) is 28.6. The Balaban J connectivity index is 1.68. The number of amides is 2. The number of hydrogen-bond donors (Lipinski definition) is 0. The Morgan fingerprint density at radius 3 is 1.95 bits per heavy atom. The van der Waals surface area contributed by atoms with Crippen molar-refractivity contribution in [2.24, 2.45) is 5.92 Å². The van der Waals surface area contributed by atoms with Crippen LogP contribution in [0.25, 0.3) is 0 Å². The predicted octanol–water partition coefficient (Wildman–Crippen LogP) is 7.27. The summed E-state index contributed by atoms with van der Waals surface area (Å²) in [5.41, 5.74) is -3.29. The molecule has 0 bridgehead atoms. The molecule has 0 N–H and O–H groups in total. The van der Waals surface area contributed by atoms with Crippen LogP contribution in [0, 0.1) is 11.7 Å². The second-order valence-electron chi connectivity index (χ2n) is 11.6. The smallest absolute Gasteiger partial charge is 0.416 e. The Morgan fingerprint density at radius 1 is 0.930 bits per heavy atom. The highest BCUT2D eigenvalue weighted by Crippen LogP contribution is 2.36. The van der Waals surface area contributed by atoms with E-state index < -0.39 is 53.5 Å². The van der Waals surface area contributed by atoms with E-state index in [0.717, 1.165) is 0 Å². The van der Waals surface area contributed by atoms with Crippen LogP contribution in [0.2, 0.25) is 0 Å². The molecule has 0 saturated carbocycles. The molecule has 0 aliphatic carbocycles. The van der Waals surface area contributed by atoms with Gasteiger partial charge in [0, 0.05) is 38.5 Å². The van der Waals surface area contributed by atoms with Crippen LogP contribution in [0.1, 0.15) is 61.8 Å². The van der Waals surface area contributed by atoms with Crippen LogP contribution in [0.4, 0.5) is 35.5 Å². The van der Waals surface area contributed by atoms with Crippen LogP contribution in [0.3, 0.4) is 0 Å². The third-order valence-corrected chi connectivity index (χ3v) is 6.94. The largest absolute Gasteiger partial charge is 0.444 e. The lowest BCUT2D eigenvalue weighted by Gasteiger charge is -2.35. The van der Waals surface area contributed by atoms with E-state index in [0.29, 0.717) is 43.6 Å². The number of halogens is 7. The highest BCUT2D eigenvalue weighted by atomic mass is 19.4. The van der Waals surface area contributed by atoms with Crippen molar-refractivity contribution in [1.82, 2.24) is 9.80 Å². The van der Waals surface area contributed by atoms with E-state index in [1.54, 1.807) is 32.7 Å². The molecule has 2 amide bonds. The molecule has 1 aliphatic rings. The van der Waals surface area contributed by atoms with Gasteiger partial charge in [0.25, 0.3) is 0 Å². The Morgan fingerprint density at radius 2 is 1.47 bits per heavy atom. The fourth-order valence-corrected chi connectivity index (χ4v) is 4.78. The van der Waals surface area contributed by atoms with Gasteiger partial charge in [0.05, 0.1) is 24.3 Å². The van der Waals surface area contributed by atoms with E-state index in [1.165, 1.54) is 29.2 Å². The molecule has 1 atom stereocenters. The average molecular weight is 621 g/mol. The minimum atomic E-state index is -4.99. The second kappa shape index (κ2) is 13.5. The number of carbonyl (C=O) groups excluding carboxylic acids is 2. The molecule has 1 saturated heterocycles. The summed E-state index contributed by atoms with van der Waals surface area (Å²) in [7, 11) is 1.57. The molecule has 1 fully saturated rings. The summed E-state index contributed by atoms with van der Waals surface area (Å²) in [5, 5.41) is 0. The van der Waals surface area contributed by atoms with Gasteiger partial charge in [-0.25, -0.2) is 9.18 Å². The summed E-state index contributed by atoms with van der Waals surface area (Å²) in [6.45, 7) is 5.32. The quantitative estimate of drug-likeness (QED) is 0.292. The molecule has 0 radical (unpaired) electrons. The van der Waals surface area contributed by atoms with Crippen LogP contribution in [0.5, 0.6) is 0 Å². The fourth-order valence-electron chi connectivity index (χ4n) is 4.78. The molecule has 1 heterocycles. The number of ether oxygens (including phenoxy) is 2. The Bertz CT molecular complexity index is 1220. The third kappa shape index (κ3) is 10.1. The standard InChI is InChI=1S/C30H35F7N2O4/c1-28(2,3)43-27(41)39-11-9-21(10-12-39)26(40)38(4)16-22(20-5-7-25(31)8-6-20)18-42-17-19-13-23(29(32,33)34)15-24(14-19)30(35,36)37/h5-8,13-15,21-22H,9-12,16-18H2,1-4H3. The first-order valence-electron chi connectivity index (χ1n) is 13.7. The van der Waals surface area contributed by atoms with Crippen LogP contribution < -0.4 is 0 Å². The normalized spacial score (nSPS) is 15.7. The van der Waals surface area contributed by atoms with Crippen LogP contribution >= 0.6 is 0 Å². The van der Waals surface area contributed by atoms with Crippen molar-refractivity contribution >= 4 is 12.0 Å². The molecule has 43 heavy (non-hydrogen) atoms. The number of carbonyl (C=O) groups is 2. The number of likely N-dealkylation sites (tertiary alicyclic amines) is 1. The predicted molar refractivity (Wildman–Crippen MR) is 143 cm³/mol. The van der Waals surface area contributed by atoms with Crippen molar-refractivity contribution in [2.75, 3.05) is 33.3 Å². The van der Waals surface area contributed by atoms with E-state index in [9.17, 15) is 40.3 Å². The van der Waals surface area contributed by atoms with E-state index in [-0.39, 0.29) is 36.6 Å². The summed E-state index contributed by atoms with van der Waals surface area (Å²) < 4.78 is 104. The second-order valence-corrected chi connectivity index (χ2v) is 11.6. The van der Waals surface area contributed by atoms with Crippen molar-refractivity contribution in [3.8, 4) is 0 Å². The minimum absolute atomic E-state index is 0.0450. The van der Waals surface area contributed by atoms with Crippen molar-refractivity contribution in [3.63, 3.8) is 0 Å². The maximum atomic E-state index is 13.6. The number of nitrogens with zero attached hydrogens (tertiary/aromatic N) is 2. The molecule has 2 aromatic carbocycles. The Labute approximate surface area is 245 Å². The summed E-state index contributed by atoms with van der Waals surface area (Å²) in [5.74, 6) is -1.63. The zero-order chi connectivity index (χ0) is 32.2. The van der Waals surface area contributed by atoms with Gasteiger partial charge in [-0.1, -0.05) is 12.1 Å². The summed E-state index contributed by atoms with van der Waals surface area (Å²) >= 11 is 0. The van der Waals surface area contributed by atoms with Gasteiger partial charge in [-0.3, -0.25) is 4.79 Å². The van der Waals surface area contributed by atoms with Gasteiger partial charge in [0.1, 0.15) is 11.4 Å². The molecule has 238 valence electrons. The number of hydrogen-bond acceptors (Lipinski definition) is 4. The molecular weight excluding hydrogens is 585 g/mol. The average Bonchev–Trinajstić information content (AvgIpc) is 2.90. The molecule has 0 aromatic heterocycles. The maximum Gasteiger partial charge on any atom is 0.416 e. The molecule has 1 unspecified atom stereocenters. The first kappa shape index (κ1) is 34.1. The van der Waals surface area contributed by atoms with Gasteiger partial charge in [-0.15, -0.1) is 0 Å². The first-order chi connectivity index (χ1) is 19.8.